The smallest absolute Gasteiger partial charge is 0.225 e. The number of nitrogens with one attached hydrogen (secondary N) is 1. The number of amides is 1. The number of benzene rings is 2. The zero-order valence-corrected chi connectivity index (χ0v) is 15.6. The summed E-state index contributed by atoms with van der Waals surface area (Å²) >= 11 is 5.95. The second kappa shape index (κ2) is 6.63. The summed E-state index contributed by atoms with van der Waals surface area (Å²) in [6, 6.07) is 12.1. The number of hydrogen-bond acceptors (Lipinski definition) is 4. The highest BCUT2D eigenvalue weighted by Crippen LogP contribution is 2.44. The van der Waals surface area contributed by atoms with Gasteiger partial charge in [0.2, 0.25) is 11.8 Å². The molecule has 1 aliphatic heterocycles. The Labute approximate surface area is 161 Å². The molecule has 0 radical (unpaired) electrons. The van der Waals surface area contributed by atoms with Crippen LogP contribution >= 0.6 is 11.6 Å². The van der Waals surface area contributed by atoms with Gasteiger partial charge in [0.05, 0.1) is 5.69 Å². The average Bonchev–Trinajstić information content (AvgIpc) is 2.89. The predicted molar refractivity (Wildman–Crippen MR) is 103 cm³/mol. The number of aromatic hydroxyl groups is 1. The molecule has 1 aromatic heterocycles. The van der Waals surface area contributed by atoms with Crippen molar-refractivity contribution in [2.45, 2.75) is 19.3 Å². The van der Waals surface area contributed by atoms with E-state index in [2.05, 4.69) is 10.4 Å². The quantitative estimate of drug-likeness (QED) is 0.704. The van der Waals surface area contributed by atoms with Crippen molar-refractivity contribution in [3.05, 3.63) is 64.3 Å². The second-order valence-electron chi connectivity index (χ2n) is 6.56. The number of phenols is 1. The van der Waals surface area contributed by atoms with E-state index in [4.69, 9.17) is 16.3 Å². The number of hydrogen-bond donors (Lipinski definition) is 2. The van der Waals surface area contributed by atoms with Crippen molar-refractivity contribution in [1.29, 1.82) is 0 Å². The van der Waals surface area contributed by atoms with E-state index in [0.717, 1.165) is 16.8 Å². The minimum Gasteiger partial charge on any atom is -0.508 e. The number of nitrogens with zero attached hydrogens (tertiary/aromatic N) is 2. The van der Waals surface area contributed by atoms with E-state index in [1.54, 1.807) is 41.1 Å². The van der Waals surface area contributed by atoms with E-state index in [0.29, 0.717) is 22.3 Å². The van der Waals surface area contributed by atoms with Crippen LogP contribution in [0.4, 0.5) is 5.69 Å². The fourth-order valence-corrected chi connectivity index (χ4v) is 3.63. The lowest BCUT2D eigenvalue weighted by Crippen LogP contribution is -2.23. The van der Waals surface area contributed by atoms with Crippen molar-refractivity contribution in [2.75, 3.05) is 5.32 Å². The van der Waals surface area contributed by atoms with Gasteiger partial charge in [-0.3, -0.25) is 4.79 Å². The maximum absolute atomic E-state index is 12.3. The minimum absolute atomic E-state index is 0.107. The number of carbonyl (C=O) groups excluding carboxylic acids is 1. The maximum atomic E-state index is 12.3. The normalized spacial score (nSPS) is 16.0. The Morgan fingerprint density at radius 2 is 2.00 bits per heavy atom. The van der Waals surface area contributed by atoms with Gasteiger partial charge < -0.3 is 15.2 Å². The third-order valence-electron chi connectivity index (χ3n) is 4.67. The van der Waals surface area contributed by atoms with Crippen LogP contribution in [0.25, 0.3) is 0 Å². The van der Waals surface area contributed by atoms with Crippen LogP contribution in [0.3, 0.4) is 0 Å². The number of rotatable bonds is 3. The van der Waals surface area contributed by atoms with Crippen molar-refractivity contribution in [3.63, 3.8) is 0 Å². The highest BCUT2D eigenvalue weighted by molar-refractivity contribution is 6.30. The first-order valence-electron chi connectivity index (χ1n) is 8.52. The van der Waals surface area contributed by atoms with Crippen LogP contribution in [0.15, 0.2) is 42.5 Å². The predicted octanol–water partition coefficient (Wildman–Crippen LogP) is 4.35. The van der Waals surface area contributed by atoms with Crippen LogP contribution in [0.1, 0.15) is 29.2 Å². The molecule has 0 bridgehead atoms. The van der Waals surface area contributed by atoms with Gasteiger partial charge in [0, 0.05) is 41.7 Å². The van der Waals surface area contributed by atoms with E-state index in [9.17, 15) is 9.90 Å². The molecule has 2 aromatic carbocycles. The molecule has 0 fully saturated rings. The molecule has 3 aromatic rings. The SMILES string of the molecule is Cc1nn(C)c(Oc2ccc(Cl)cc2)c1C1CC(=O)Nc2cc(O)ccc21. The molecule has 2 heterocycles. The van der Waals surface area contributed by atoms with Gasteiger partial charge in [-0.15, -0.1) is 0 Å². The molecule has 0 saturated carbocycles. The van der Waals surface area contributed by atoms with Crippen LogP contribution in [0.5, 0.6) is 17.4 Å². The molecule has 1 atom stereocenters. The van der Waals surface area contributed by atoms with Gasteiger partial charge in [0.25, 0.3) is 0 Å². The van der Waals surface area contributed by atoms with E-state index in [1.165, 1.54) is 0 Å². The molecular weight excluding hydrogens is 366 g/mol. The summed E-state index contributed by atoms with van der Waals surface area (Å²) in [4.78, 5) is 12.3. The number of aromatic nitrogens is 2. The summed E-state index contributed by atoms with van der Waals surface area (Å²) in [6.45, 7) is 1.90. The van der Waals surface area contributed by atoms with Crippen molar-refractivity contribution in [1.82, 2.24) is 9.78 Å². The lowest BCUT2D eigenvalue weighted by Gasteiger charge is -2.26. The Kier molecular flexibility index (Phi) is 4.28. The molecule has 1 aliphatic rings. The summed E-state index contributed by atoms with van der Waals surface area (Å²) in [5.41, 5.74) is 3.18. The summed E-state index contributed by atoms with van der Waals surface area (Å²) in [6.07, 6.45) is 0.279. The Balaban J connectivity index is 1.81. The molecular formula is C20H18ClN3O3. The molecule has 27 heavy (non-hydrogen) atoms. The molecule has 2 N–H and O–H groups in total. The Hall–Kier alpha value is -2.99. The molecule has 1 unspecified atom stereocenters. The lowest BCUT2D eigenvalue weighted by molar-refractivity contribution is -0.116. The summed E-state index contributed by atoms with van der Waals surface area (Å²) in [7, 11) is 1.81. The van der Waals surface area contributed by atoms with Gasteiger partial charge in [-0.05, 0) is 42.8 Å². The van der Waals surface area contributed by atoms with Gasteiger partial charge in [0.1, 0.15) is 11.5 Å². The molecule has 0 spiro atoms. The fraction of sp³-hybridized carbons (Fsp3) is 0.200. The van der Waals surface area contributed by atoms with Gasteiger partial charge in [-0.2, -0.15) is 5.10 Å². The number of aryl methyl sites for hydroxylation is 2. The molecule has 0 saturated heterocycles. The maximum Gasteiger partial charge on any atom is 0.225 e. The van der Waals surface area contributed by atoms with Crippen LogP contribution < -0.4 is 10.1 Å². The molecule has 7 heteroatoms. The first-order chi connectivity index (χ1) is 12.9. The Morgan fingerprint density at radius 3 is 2.74 bits per heavy atom. The van der Waals surface area contributed by atoms with Crippen LogP contribution in [-0.2, 0) is 11.8 Å². The van der Waals surface area contributed by atoms with E-state index in [-0.39, 0.29) is 24.0 Å². The first kappa shape index (κ1) is 17.4. The van der Waals surface area contributed by atoms with E-state index >= 15 is 0 Å². The van der Waals surface area contributed by atoms with Crippen LogP contribution in [0, 0.1) is 6.92 Å². The van der Waals surface area contributed by atoms with Gasteiger partial charge in [-0.25, -0.2) is 4.68 Å². The summed E-state index contributed by atoms with van der Waals surface area (Å²) in [5.74, 6) is 0.989. The number of halogens is 1. The second-order valence-corrected chi connectivity index (χ2v) is 7.00. The number of anilines is 1. The molecule has 4 rings (SSSR count). The molecule has 138 valence electrons. The third-order valence-corrected chi connectivity index (χ3v) is 4.92. The number of fused-ring (bicyclic) bond motifs is 1. The average molecular weight is 384 g/mol. The number of phenolic OH excluding ortho intramolecular Hbond substituents is 1. The third kappa shape index (κ3) is 3.24. The molecule has 1 amide bonds. The van der Waals surface area contributed by atoms with Crippen LogP contribution in [-0.4, -0.2) is 20.8 Å². The van der Waals surface area contributed by atoms with Gasteiger partial charge >= 0.3 is 0 Å². The molecule has 6 nitrogen and oxygen atoms in total. The highest BCUT2D eigenvalue weighted by atomic mass is 35.5. The van der Waals surface area contributed by atoms with E-state index < -0.39 is 0 Å². The highest BCUT2D eigenvalue weighted by Gasteiger charge is 2.32. The molecule has 0 aliphatic carbocycles. The van der Waals surface area contributed by atoms with E-state index in [1.807, 2.05) is 20.0 Å². The number of ether oxygens (including phenoxy) is 1. The standard InChI is InChI=1S/C20H18ClN3O3/c1-11-19(16-10-18(26)22-17-9-13(25)5-8-15(16)17)20(24(2)23-11)27-14-6-3-12(21)4-7-14/h3-9,16,25H,10H2,1-2H3,(H,22,26). The topological polar surface area (TPSA) is 76.4 Å². The Morgan fingerprint density at radius 1 is 1.26 bits per heavy atom. The Bertz CT molecular complexity index is 1030. The summed E-state index contributed by atoms with van der Waals surface area (Å²) < 4.78 is 7.78. The zero-order chi connectivity index (χ0) is 19.1. The van der Waals surface area contributed by atoms with Crippen molar-refractivity contribution < 1.29 is 14.6 Å². The number of carbonyl (C=O) groups is 1. The lowest BCUT2D eigenvalue weighted by atomic mass is 9.84. The first-order valence-corrected chi connectivity index (χ1v) is 8.90. The largest absolute Gasteiger partial charge is 0.508 e. The van der Waals surface area contributed by atoms with Gasteiger partial charge in [-0.1, -0.05) is 17.7 Å². The van der Waals surface area contributed by atoms with Gasteiger partial charge in [0.15, 0.2) is 0 Å². The van der Waals surface area contributed by atoms with Crippen molar-refractivity contribution >= 4 is 23.2 Å². The monoisotopic (exact) mass is 383 g/mol. The van der Waals surface area contributed by atoms with Crippen LogP contribution in [0.2, 0.25) is 5.02 Å². The van der Waals surface area contributed by atoms with Crippen molar-refractivity contribution in [3.8, 4) is 17.4 Å². The zero-order valence-electron chi connectivity index (χ0n) is 14.9. The minimum atomic E-state index is -0.217. The van der Waals surface area contributed by atoms with Crippen molar-refractivity contribution in [2.24, 2.45) is 7.05 Å². The fourth-order valence-electron chi connectivity index (χ4n) is 3.50. The summed E-state index contributed by atoms with van der Waals surface area (Å²) in [5, 5.41) is 17.7.